The predicted octanol–water partition coefficient (Wildman–Crippen LogP) is 1.05. The van der Waals surface area contributed by atoms with E-state index in [0.717, 1.165) is 5.69 Å². The van der Waals surface area contributed by atoms with E-state index in [9.17, 15) is 0 Å². The minimum atomic E-state index is 0.658. The molecule has 1 aromatic rings. The zero-order chi connectivity index (χ0) is 6.85. The molecule has 0 bridgehead atoms. The van der Waals surface area contributed by atoms with E-state index in [1.807, 2.05) is 12.1 Å². The molecule has 0 heterocycles. The van der Waals surface area contributed by atoms with Crippen molar-refractivity contribution in [3.63, 3.8) is 0 Å². The van der Waals surface area contributed by atoms with Crippen molar-refractivity contribution < 1.29 is 26.1 Å². The van der Waals surface area contributed by atoms with Crippen LogP contribution in [0.25, 0.3) is 0 Å². The van der Waals surface area contributed by atoms with Crippen LogP contribution < -0.4 is 8.81 Å². The van der Waals surface area contributed by atoms with Crippen molar-refractivity contribution in [3.8, 4) is 0 Å². The summed E-state index contributed by atoms with van der Waals surface area (Å²) in [5, 5.41) is 0. The molecule has 0 aliphatic heterocycles. The minimum absolute atomic E-state index is 0.658. The molecule has 3 heteroatoms. The molecule has 9 heavy (non-hydrogen) atoms. The van der Waals surface area contributed by atoms with Crippen molar-refractivity contribution in [2.75, 3.05) is 5.73 Å². The first-order valence-corrected chi connectivity index (χ1v) is 6.40. The third-order valence-electron chi connectivity index (χ3n) is 1.11. The first-order valence-electron chi connectivity index (χ1n) is 2.57. The van der Waals surface area contributed by atoms with Gasteiger partial charge < -0.3 is 0 Å². The second kappa shape index (κ2) is 3.19. The van der Waals surface area contributed by atoms with Crippen LogP contribution in [0.1, 0.15) is 0 Å². The third-order valence-corrected chi connectivity index (χ3v) is 4.16. The number of nitrogen functional groups attached to an aromatic ring is 1. The SMILES string of the molecule is Nc1ccc(I)c[c]1[Hg]. The van der Waals surface area contributed by atoms with Gasteiger partial charge in [-0.1, -0.05) is 0 Å². The zero-order valence-electron chi connectivity index (χ0n) is 4.89. The van der Waals surface area contributed by atoms with Crippen molar-refractivity contribution >= 4 is 31.4 Å². The van der Waals surface area contributed by atoms with Gasteiger partial charge in [-0.05, 0) is 0 Å². The normalized spacial score (nSPS) is 9.67. The number of hydrogen-bond acceptors (Lipinski definition) is 1. The number of benzene rings is 1. The van der Waals surface area contributed by atoms with E-state index >= 15 is 0 Å². The molecule has 0 unspecified atom stereocenters. The molecule has 0 aromatic heterocycles. The maximum absolute atomic E-state index is 5.63. The Balaban J connectivity index is 3.17. The summed E-state index contributed by atoms with van der Waals surface area (Å²) >= 11 is 2.96. The van der Waals surface area contributed by atoms with Gasteiger partial charge in [-0.25, -0.2) is 0 Å². The van der Waals surface area contributed by atoms with E-state index in [1.54, 1.807) is 0 Å². The van der Waals surface area contributed by atoms with Gasteiger partial charge in [0.1, 0.15) is 0 Å². The van der Waals surface area contributed by atoms with Crippen molar-refractivity contribution in [1.29, 1.82) is 0 Å². The summed E-state index contributed by atoms with van der Waals surface area (Å²) in [6.07, 6.45) is 0. The van der Waals surface area contributed by atoms with Crippen LogP contribution in [-0.4, -0.2) is 0 Å². The monoisotopic (exact) mass is 420 g/mol. The molecule has 43 valence electrons. The van der Waals surface area contributed by atoms with Gasteiger partial charge in [0.15, 0.2) is 0 Å². The Hall–Kier alpha value is 0.685. The van der Waals surface area contributed by atoms with Crippen LogP contribution in [0.3, 0.4) is 0 Å². The van der Waals surface area contributed by atoms with Crippen molar-refractivity contribution in [3.05, 3.63) is 21.8 Å². The molecule has 0 amide bonds. The van der Waals surface area contributed by atoms with E-state index < -0.39 is 0 Å². The molecule has 0 saturated heterocycles. The molecule has 1 rings (SSSR count). The number of rotatable bonds is 0. The second-order valence-electron chi connectivity index (χ2n) is 1.84. The van der Waals surface area contributed by atoms with Crippen LogP contribution in [0.15, 0.2) is 18.2 Å². The fraction of sp³-hybridized carbons (Fsp3) is 0. The summed E-state index contributed by atoms with van der Waals surface area (Å²) < 4.78 is 2.63. The Labute approximate surface area is 84.1 Å². The summed E-state index contributed by atoms with van der Waals surface area (Å²) in [7, 11) is 0. The molecule has 0 spiro atoms. The topological polar surface area (TPSA) is 26.0 Å². The van der Waals surface area contributed by atoms with Gasteiger partial charge in [-0.2, -0.15) is 0 Å². The van der Waals surface area contributed by atoms with Gasteiger partial charge in [-0.15, -0.1) is 0 Å². The molecule has 0 saturated carbocycles. The molecule has 1 aromatic carbocycles. The van der Waals surface area contributed by atoms with Crippen LogP contribution in [0.5, 0.6) is 0 Å². The molecule has 0 atom stereocenters. The predicted molar refractivity (Wildman–Crippen MR) is 43.2 cm³/mol. The van der Waals surface area contributed by atoms with Crippen molar-refractivity contribution in [2.45, 2.75) is 0 Å². The van der Waals surface area contributed by atoms with Gasteiger partial charge in [0.25, 0.3) is 0 Å². The molecular formula is C6H5HgIN. The maximum atomic E-state index is 5.63. The summed E-state index contributed by atoms with van der Waals surface area (Å²) in [5.41, 5.74) is 6.59. The average molecular weight is 419 g/mol. The molecule has 0 aliphatic carbocycles. The summed E-state index contributed by atoms with van der Waals surface area (Å²) in [6.45, 7) is 0. The first-order chi connectivity index (χ1) is 4.20. The molecule has 0 fully saturated rings. The van der Waals surface area contributed by atoms with Crippen molar-refractivity contribution in [1.82, 2.24) is 0 Å². The van der Waals surface area contributed by atoms with E-state index in [2.05, 4.69) is 28.7 Å². The summed E-state index contributed by atoms with van der Waals surface area (Å²) in [6, 6.07) is 6.16. The first kappa shape index (κ1) is 7.79. The number of halogens is 1. The van der Waals surface area contributed by atoms with Crippen LogP contribution in [-0.2, 0) is 26.1 Å². The quantitative estimate of drug-likeness (QED) is 0.380. The van der Waals surface area contributed by atoms with E-state index in [0.29, 0.717) is 26.1 Å². The Kier molecular flexibility index (Phi) is 2.76. The van der Waals surface area contributed by atoms with Crippen molar-refractivity contribution in [2.24, 2.45) is 0 Å². The summed E-state index contributed by atoms with van der Waals surface area (Å²) in [4.78, 5) is 0. The van der Waals surface area contributed by atoms with Crippen LogP contribution in [0.2, 0.25) is 0 Å². The van der Waals surface area contributed by atoms with E-state index in [4.69, 9.17) is 5.73 Å². The van der Waals surface area contributed by atoms with E-state index in [-0.39, 0.29) is 0 Å². The Morgan fingerprint density at radius 2 is 2.11 bits per heavy atom. The van der Waals surface area contributed by atoms with Gasteiger partial charge in [0, 0.05) is 0 Å². The van der Waals surface area contributed by atoms with Crippen LogP contribution >= 0.6 is 22.6 Å². The Morgan fingerprint density at radius 1 is 1.44 bits per heavy atom. The molecule has 0 aliphatic rings. The summed E-state index contributed by atoms with van der Waals surface area (Å²) in [5.74, 6) is 0. The standard InChI is InChI=1S/C6H5IN.Hg/c7-5-1-3-6(8)4-2-5;/h1-3H,8H2;. The van der Waals surface area contributed by atoms with Gasteiger partial charge in [0.05, 0.1) is 0 Å². The Morgan fingerprint density at radius 3 is 2.56 bits per heavy atom. The fourth-order valence-electron chi connectivity index (χ4n) is 0.574. The Bertz CT molecular complexity index is 224. The number of anilines is 1. The third kappa shape index (κ3) is 2.07. The number of nitrogens with two attached hydrogens (primary N) is 1. The second-order valence-corrected chi connectivity index (χ2v) is 6.05. The van der Waals surface area contributed by atoms with Crippen LogP contribution in [0.4, 0.5) is 5.69 Å². The fourth-order valence-corrected chi connectivity index (χ4v) is 4.06. The van der Waals surface area contributed by atoms with E-state index in [1.165, 1.54) is 6.64 Å². The van der Waals surface area contributed by atoms with Gasteiger partial charge in [-0.3, -0.25) is 0 Å². The molecule has 0 radical (unpaired) electrons. The molecule has 1 nitrogen and oxygen atoms in total. The zero-order valence-corrected chi connectivity index (χ0v) is 12.5. The molecule has 2 N–H and O–H groups in total. The average Bonchev–Trinajstić information content (AvgIpc) is 1.80. The van der Waals surface area contributed by atoms with Gasteiger partial charge >= 0.3 is 85.0 Å². The number of hydrogen-bond donors (Lipinski definition) is 1. The van der Waals surface area contributed by atoms with Crippen LogP contribution in [0, 0.1) is 3.57 Å². The van der Waals surface area contributed by atoms with Gasteiger partial charge in [0.2, 0.25) is 0 Å². The molecular weight excluding hydrogens is 414 g/mol.